The SMILES string of the molecule is COc1cc2c(Oc3ccc(NC(=O)C4(C(=O)Nc5cccc(F)c5)CC4)cc3)ccnc2cc1OCC1CCN(CCNS(C)(=O)=O)CC1. The molecule has 0 bridgehead atoms. The highest BCUT2D eigenvalue weighted by Gasteiger charge is 2.56. The van der Waals surface area contributed by atoms with Crippen molar-refractivity contribution in [2.75, 3.05) is 56.8 Å². The lowest BCUT2D eigenvalue weighted by Gasteiger charge is -2.31. The Labute approximate surface area is 290 Å². The zero-order valence-corrected chi connectivity index (χ0v) is 28.7. The highest BCUT2D eigenvalue weighted by Crippen LogP contribution is 2.47. The van der Waals surface area contributed by atoms with E-state index in [1.807, 2.05) is 12.1 Å². The number of nitrogens with one attached hydrogen (secondary N) is 3. The fraction of sp³-hybridized carbons (Fsp3) is 0.361. The van der Waals surface area contributed by atoms with Crippen LogP contribution in [0.4, 0.5) is 15.8 Å². The lowest BCUT2D eigenvalue weighted by Crippen LogP contribution is -2.40. The van der Waals surface area contributed by atoms with Gasteiger partial charge in [-0.15, -0.1) is 0 Å². The third-order valence-electron chi connectivity index (χ3n) is 9.00. The fourth-order valence-corrected chi connectivity index (χ4v) is 6.41. The molecule has 4 aromatic rings. The molecule has 3 aromatic carbocycles. The summed E-state index contributed by atoms with van der Waals surface area (Å²) < 4.78 is 56.8. The Morgan fingerprint density at radius 3 is 2.32 bits per heavy atom. The van der Waals surface area contributed by atoms with E-state index >= 15 is 0 Å². The second kappa shape index (κ2) is 15.0. The molecule has 0 spiro atoms. The van der Waals surface area contributed by atoms with Gasteiger partial charge in [0.2, 0.25) is 21.8 Å². The molecule has 1 aliphatic heterocycles. The van der Waals surface area contributed by atoms with Crippen molar-refractivity contribution in [3.63, 3.8) is 0 Å². The number of aromatic nitrogens is 1. The lowest BCUT2D eigenvalue weighted by atomic mass is 9.98. The Morgan fingerprint density at radius 2 is 1.66 bits per heavy atom. The Balaban J connectivity index is 1.04. The lowest BCUT2D eigenvalue weighted by molar-refractivity contribution is -0.131. The number of hydrogen-bond acceptors (Lipinski definition) is 9. The number of carbonyl (C=O) groups is 2. The van der Waals surface area contributed by atoms with E-state index in [1.54, 1.807) is 49.7 Å². The highest BCUT2D eigenvalue weighted by atomic mass is 32.2. The molecule has 12 nitrogen and oxygen atoms in total. The summed E-state index contributed by atoms with van der Waals surface area (Å²) in [6, 6.07) is 17.8. The second-order valence-corrected chi connectivity index (χ2v) is 14.6. The standard InChI is InChI=1S/C36H40FN5O7S/c1-47-32-21-29-30(22-33(32)48-23-24-11-17-42(18-12-24)19-16-39-50(2,45)46)38-15-10-31(29)49-28-8-6-26(7-9-28)40-34(43)36(13-14-36)35(44)41-27-5-3-4-25(37)20-27/h3-10,15,20-22,24,39H,11-14,16-19,23H2,1-2H3,(H,40,43)(H,41,44). The Hall–Kier alpha value is -4.79. The molecule has 6 rings (SSSR count). The Morgan fingerprint density at radius 1 is 0.940 bits per heavy atom. The molecule has 14 heteroatoms. The van der Waals surface area contributed by atoms with Crippen molar-refractivity contribution in [2.45, 2.75) is 25.7 Å². The average Bonchev–Trinajstić information content (AvgIpc) is 3.91. The van der Waals surface area contributed by atoms with Gasteiger partial charge in [0.15, 0.2) is 11.5 Å². The number of fused-ring (bicyclic) bond motifs is 1. The minimum atomic E-state index is -3.19. The van der Waals surface area contributed by atoms with Crippen molar-refractivity contribution in [3.8, 4) is 23.0 Å². The van der Waals surface area contributed by atoms with Crippen LogP contribution in [0.5, 0.6) is 23.0 Å². The van der Waals surface area contributed by atoms with Gasteiger partial charge in [-0.3, -0.25) is 14.6 Å². The highest BCUT2D eigenvalue weighted by molar-refractivity contribution is 7.88. The summed E-state index contributed by atoms with van der Waals surface area (Å²) in [5.74, 6) is 1.21. The van der Waals surface area contributed by atoms with Gasteiger partial charge < -0.3 is 29.7 Å². The van der Waals surface area contributed by atoms with Crippen LogP contribution in [0.25, 0.3) is 10.9 Å². The maximum atomic E-state index is 13.5. The first-order valence-corrected chi connectivity index (χ1v) is 18.3. The molecule has 3 N–H and O–H groups in total. The van der Waals surface area contributed by atoms with Crippen LogP contribution in [0, 0.1) is 17.2 Å². The summed E-state index contributed by atoms with van der Waals surface area (Å²) in [6.45, 7) is 3.35. The largest absolute Gasteiger partial charge is 0.493 e. The van der Waals surface area contributed by atoms with E-state index in [9.17, 15) is 22.4 Å². The van der Waals surface area contributed by atoms with Crippen molar-refractivity contribution >= 4 is 44.1 Å². The minimum absolute atomic E-state index is 0.299. The number of piperidine rings is 1. The molecule has 2 aliphatic rings. The number of sulfonamides is 1. The Kier molecular flexibility index (Phi) is 10.5. The molecule has 1 aliphatic carbocycles. The van der Waals surface area contributed by atoms with E-state index in [2.05, 4.69) is 25.2 Å². The van der Waals surface area contributed by atoms with E-state index in [4.69, 9.17) is 14.2 Å². The van der Waals surface area contributed by atoms with Crippen LogP contribution in [-0.2, 0) is 19.6 Å². The number of pyridine rings is 1. The number of benzene rings is 3. The van der Waals surface area contributed by atoms with Crippen molar-refractivity contribution < 1.29 is 36.6 Å². The van der Waals surface area contributed by atoms with Crippen LogP contribution in [0.3, 0.4) is 0 Å². The number of methoxy groups -OCH3 is 1. The Bertz CT molecular complexity index is 1960. The van der Waals surface area contributed by atoms with Crippen molar-refractivity contribution in [3.05, 3.63) is 78.7 Å². The molecule has 0 unspecified atom stereocenters. The van der Waals surface area contributed by atoms with Crippen molar-refractivity contribution in [1.82, 2.24) is 14.6 Å². The zero-order valence-electron chi connectivity index (χ0n) is 27.9. The third kappa shape index (κ3) is 8.67. The number of amides is 2. The van der Waals surface area contributed by atoms with Gasteiger partial charge in [0.25, 0.3) is 0 Å². The second-order valence-electron chi connectivity index (χ2n) is 12.7. The quantitative estimate of drug-likeness (QED) is 0.151. The van der Waals surface area contributed by atoms with Gasteiger partial charge in [-0.25, -0.2) is 17.5 Å². The number of hydrogen-bond donors (Lipinski definition) is 3. The minimum Gasteiger partial charge on any atom is -0.493 e. The van der Waals surface area contributed by atoms with Gasteiger partial charge in [-0.2, -0.15) is 0 Å². The van der Waals surface area contributed by atoms with Crippen LogP contribution in [0.1, 0.15) is 25.7 Å². The monoisotopic (exact) mass is 705 g/mol. The smallest absolute Gasteiger partial charge is 0.240 e. The van der Waals surface area contributed by atoms with Crippen molar-refractivity contribution in [2.24, 2.45) is 11.3 Å². The van der Waals surface area contributed by atoms with Crippen LogP contribution >= 0.6 is 0 Å². The first-order valence-electron chi connectivity index (χ1n) is 16.4. The first-order chi connectivity index (χ1) is 24.0. The average molecular weight is 706 g/mol. The maximum absolute atomic E-state index is 13.5. The number of nitrogens with zero attached hydrogens (tertiary/aromatic N) is 2. The first kappa shape index (κ1) is 35.1. The maximum Gasteiger partial charge on any atom is 0.240 e. The van der Waals surface area contributed by atoms with Crippen molar-refractivity contribution in [1.29, 1.82) is 0 Å². The fourth-order valence-electron chi connectivity index (χ4n) is 5.95. The van der Waals surface area contributed by atoms with E-state index in [1.165, 1.54) is 24.5 Å². The summed E-state index contributed by atoms with van der Waals surface area (Å²) in [5, 5.41) is 6.20. The molecule has 1 aromatic heterocycles. The molecular formula is C36H40FN5O7S. The molecule has 2 fully saturated rings. The molecule has 1 saturated heterocycles. The predicted molar refractivity (Wildman–Crippen MR) is 188 cm³/mol. The van der Waals surface area contributed by atoms with Gasteiger partial charge in [0.1, 0.15) is 22.7 Å². The molecule has 50 heavy (non-hydrogen) atoms. The van der Waals surface area contributed by atoms with Gasteiger partial charge in [0.05, 0.1) is 25.5 Å². The summed E-state index contributed by atoms with van der Waals surface area (Å²) in [6.07, 6.45) is 5.52. The van der Waals surface area contributed by atoms with Crippen LogP contribution < -0.4 is 29.6 Å². The van der Waals surface area contributed by atoms with Crippen LogP contribution in [0.2, 0.25) is 0 Å². The predicted octanol–water partition coefficient (Wildman–Crippen LogP) is 5.17. The van der Waals surface area contributed by atoms with E-state index in [-0.39, 0.29) is 0 Å². The molecule has 2 heterocycles. The van der Waals surface area contributed by atoms with Gasteiger partial charge in [-0.05, 0) is 99.3 Å². The van der Waals surface area contributed by atoms with E-state index in [0.29, 0.717) is 78.3 Å². The summed E-state index contributed by atoms with van der Waals surface area (Å²) >= 11 is 0. The van der Waals surface area contributed by atoms with Crippen LogP contribution in [-0.4, -0.2) is 76.3 Å². The number of likely N-dealkylation sites (tertiary alicyclic amines) is 1. The summed E-state index contributed by atoms with van der Waals surface area (Å²) in [5.41, 5.74) is 0.275. The zero-order chi connectivity index (χ0) is 35.3. The van der Waals surface area contributed by atoms with Crippen LogP contribution in [0.15, 0.2) is 72.9 Å². The van der Waals surface area contributed by atoms with E-state index in [0.717, 1.165) is 31.3 Å². The molecular weight excluding hydrogens is 665 g/mol. The van der Waals surface area contributed by atoms with E-state index < -0.39 is 33.1 Å². The summed E-state index contributed by atoms with van der Waals surface area (Å²) in [4.78, 5) is 32.8. The molecule has 0 radical (unpaired) electrons. The number of anilines is 2. The number of ether oxygens (including phenoxy) is 3. The topological polar surface area (TPSA) is 148 Å². The van der Waals surface area contributed by atoms with Gasteiger partial charge in [-0.1, -0.05) is 6.07 Å². The molecule has 264 valence electrons. The van der Waals surface area contributed by atoms with Gasteiger partial charge >= 0.3 is 0 Å². The van der Waals surface area contributed by atoms with Gasteiger partial charge in [0, 0.05) is 42.1 Å². The normalized spacial score (nSPS) is 16.1. The molecule has 2 amide bonds. The molecule has 0 atom stereocenters. The number of rotatable bonds is 14. The molecule has 1 saturated carbocycles. The number of halogens is 1. The number of carbonyl (C=O) groups excluding carboxylic acids is 2. The summed E-state index contributed by atoms with van der Waals surface area (Å²) in [7, 11) is -1.60. The third-order valence-corrected chi connectivity index (χ3v) is 9.73.